The van der Waals surface area contributed by atoms with Crippen molar-refractivity contribution in [1.29, 1.82) is 0 Å². The summed E-state index contributed by atoms with van der Waals surface area (Å²) in [6, 6.07) is 11.5. The summed E-state index contributed by atoms with van der Waals surface area (Å²) >= 11 is 3.69. The van der Waals surface area contributed by atoms with Gasteiger partial charge in [0, 0.05) is 44.9 Å². The molecule has 2 unspecified atom stereocenters. The molecular weight excluding hydrogens is 350 g/mol. The van der Waals surface area contributed by atoms with Crippen LogP contribution in [0.25, 0.3) is 0 Å². The van der Waals surface area contributed by atoms with E-state index in [4.69, 9.17) is 0 Å². The molecular formula is C19H24BrN3. The Labute approximate surface area is 147 Å². The number of aromatic nitrogens is 1. The highest BCUT2D eigenvalue weighted by molar-refractivity contribution is 9.10. The molecule has 1 aromatic carbocycles. The number of halogens is 1. The van der Waals surface area contributed by atoms with Crippen LogP contribution in [0.1, 0.15) is 30.4 Å². The lowest BCUT2D eigenvalue weighted by Crippen LogP contribution is -2.27. The van der Waals surface area contributed by atoms with E-state index in [0.717, 1.165) is 16.8 Å². The summed E-state index contributed by atoms with van der Waals surface area (Å²) in [5.41, 5.74) is 4.13. The van der Waals surface area contributed by atoms with E-state index < -0.39 is 0 Å². The molecule has 4 heteroatoms. The van der Waals surface area contributed by atoms with Gasteiger partial charge in [-0.1, -0.05) is 24.3 Å². The van der Waals surface area contributed by atoms with Crippen LogP contribution in [0, 0.1) is 6.92 Å². The Kier molecular flexibility index (Phi) is 4.62. The Bertz CT molecular complexity index is 699. The average Bonchev–Trinajstić information content (AvgIpc) is 2.89. The number of pyridine rings is 1. The molecule has 0 amide bonds. The van der Waals surface area contributed by atoms with Crippen molar-refractivity contribution >= 4 is 27.4 Å². The predicted molar refractivity (Wildman–Crippen MR) is 102 cm³/mol. The molecule has 1 saturated heterocycles. The highest BCUT2D eigenvalue weighted by Crippen LogP contribution is 2.39. The van der Waals surface area contributed by atoms with Gasteiger partial charge in [-0.3, -0.25) is 0 Å². The Morgan fingerprint density at radius 1 is 1.26 bits per heavy atom. The highest BCUT2D eigenvalue weighted by Gasteiger charge is 2.32. The number of rotatable bonds is 3. The number of benzene rings is 1. The first-order chi connectivity index (χ1) is 11.0. The molecule has 1 aromatic heterocycles. The number of hydrogen-bond donors (Lipinski definition) is 0. The molecule has 0 spiro atoms. The van der Waals surface area contributed by atoms with E-state index in [9.17, 15) is 0 Å². The molecule has 23 heavy (non-hydrogen) atoms. The summed E-state index contributed by atoms with van der Waals surface area (Å²) in [5.74, 6) is 1.59. The first-order valence-electron chi connectivity index (χ1n) is 8.12. The van der Waals surface area contributed by atoms with Crippen LogP contribution in [-0.4, -0.2) is 31.7 Å². The van der Waals surface area contributed by atoms with Gasteiger partial charge in [0.2, 0.25) is 0 Å². The summed E-state index contributed by atoms with van der Waals surface area (Å²) in [7, 11) is 4.06. The fraction of sp³-hybridized carbons (Fsp3) is 0.421. The van der Waals surface area contributed by atoms with Crippen LogP contribution in [0.3, 0.4) is 0 Å². The Morgan fingerprint density at radius 3 is 2.70 bits per heavy atom. The van der Waals surface area contributed by atoms with Crippen molar-refractivity contribution in [3.05, 3.63) is 52.1 Å². The fourth-order valence-electron chi connectivity index (χ4n) is 3.52. The predicted octanol–water partition coefficient (Wildman–Crippen LogP) is 4.60. The lowest BCUT2D eigenvalue weighted by atomic mass is 9.93. The third-order valence-electron chi connectivity index (χ3n) is 4.79. The molecule has 2 heterocycles. The smallest absolute Gasteiger partial charge is 0.130 e. The molecule has 0 saturated carbocycles. The summed E-state index contributed by atoms with van der Waals surface area (Å²) < 4.78 is 1.07. The van der Waals surface area contributed by atoms with Crippen LogP contribution < -0.4 is 9.80 Å². The van der Waals surface area contributed by atoms with E-state index >= 15 is 0 Å². The lowest BCUT2D eigenvalue weighted by Gasteiger charge is -2.26. The highest BCUT2D eigenvalue weighted by atomic mass is 79.9. The molecule has 1 fully saturated rings. The van der Waals surface area contributed by atoms with Gasteiger partial charge in [0.25, 0.3) is 0 Å². The number of aryl methyl sites for hydroxylation is 1. The third kappa shape index (κ3) is 3.23. The van der Waals surface area contributed by atoms with Gasteiger partial charge in [-0.15, -0.1) is 0 Å². The monoisotopic (exact) mass is 373 g/mol. The molecule has 2 atom stereocenters. The molecule has 2 aromatic rings. The van der Waals surface area contributed by atoms with Gasteiger partial charge in [0.05, 0.1) is 10.2 Å². The van der Waals surface area contributed by atoms with E-state index in [1.165, 1.54) is 23.2 Å². The number of nitrogens with zero attached hydrogens (tertiary/aromatic N) is 3. The maximum Gasteiger partial charge on any atom is 0.130 e. The van der Waals surface area contributed by atoms with Crippen LogP contribution in [-0.2, 0) is 0 Å². The fourth-order valence-corrected chi connectivity index (χ4v) is 3.96. The van der Waals surface area contributed by atoms with E-state index in [0.29, 0.717) is 12.0 Å². The second kappa shape index (κ2) is 6.52. The minimum Gasteiger partial charge on any atom is -0.367 e. The third-order valence-corrected chi connectivity index (χ3v) is 5.40. The van der Waals surface area contributed by atoms with Crippen LogP contribution in [0.2, 0.25) is 0 Å². The standard InChI is InChI=1S/C19H24BrN3/c1-13-7-5-6-8-16(13)15-9-14(2)23(12-15)18-10-19(22(3)4)21-11-17(18)20/h5-8,10-11,14-15H,9,12H2,1-4H3. The molecule has 3 nitrogen and oxygen atoms in total. The molecule has 0 N–H and O–H groups in total. The first kappa shape index (κ1) is 16.3. The van der Waals surface area contributed by atoms with Gasteiger partial charge in [0.15, 0.2) is 0 Å². The maximum atomic E-state index is 4.48. The van der Waals surface area contributed by atoms with Gasteiger partial charge in [0.1, 0.15) is 5.82 Å². The summed E-state index contributed by atoms with van der Waals surface area (Å²) in [6.07, 6.45) is 3.11. The largest absolute Gasteiger partial charge is 0.367 e. The average molecular weight is 374 g/mol. The molecule has 122 valence electrons. The van der Waals surface area contributed by atoms with Crippen molar-refractivity contribution in [3.63, 3.8) is 0 Å². The van der Waals surface area contributed by atoms with Gasteiger partial charge >= 0.3 is 0 Å². The zero-order valence-corrected chi connectivity index (χ0v) is 15.8. The van der Waals surface area contributed by atoms with Gasteiger partial charge in [-0.05, 0) is 47.3 Å². The quantitative estimate of drug-likeness (QED) is 0.783. The van der Waals surface area contributed by atoms with Gasteiger partial charge < -0.3 is 9.80 Å². The SMILES string of the molecule is Cc1ccccc1C1CC(C)N(c2cc(N(C)C)ncc2Br)C1. The summed E-state index contributed by atoms with van der Waals surface area (Å²) in [5, 5.41) is 0. The molecule has 0 radical (unpaired) electrons. The van der Waals surface area contributed by atoms with Crippen molar-refractivity contribution in [2.75, 3.05) is 30.4 Å². The Balaban J connectivity index is 1.90. The maximum absolute atomic E-state index is 4.48. The van der Waals surface area contributed by atoms with Gasteiger partial charge in [-0.2, -0.15) is 0 Å². The second-order valence-electron chi connectivity index (χ2n) is 6.68. The Morgan fingerprint density at radius 2 is 2.00 bits per heavy atom. The van der Waals surface area contributed by atoms with Crippen LogP contribution in [0.15, 0.2) is 41.0 Å². The van der Waals surface area contributed by atoms with E-state index in [2.05, 4.69) is 74.9 Å². The minimum absolute atomic E-state index is 0.522. The van der Waals surface area contributed by atoms with E-state index in [-0.39, 0.29) is 0 Å². The van der Waals surface area contributed by atoms with Crippen molar-refractivity contribution in [3.8, 4) is 0 Å². The van der Waals surface area contributed by atoms with Crippen LogP contribution in [0.5, 0.6) is 0 Å². The number of anilines is 2. The topological polar surface area (TPSA) is 19.4 Å². The van der Waals surface area contributed by atoms with Crippen molar-refractivity contribution in [1.82, 2.24) is 4.98 Å². The molecule has 3 rings (SSSR count). The summed E-state index contributed by atoms with van der Waals surface area (Å²) in [4.78, 5) is 9.04. The first-order valence-corrected chi connectivity index (χ1v) is 8.91. The van der Waals surface area contributed by atoms with E-state index in [1.807, 2.05) is 20.3 Å². The van der Waals surface area contributed by atoms with Crippen LogP contribution >= 0.6 is 15.9 Å². The van der Waals surface area contributed by atoms with Crippen molar-refractivity contribution < 1.29 is 0 Å². The summed E-state index contributed by atoms with van der Waals surface area (Å²) in [6.45, 7) is 5.59. The minimum atomic E-state index is 0.522. The molecule has 1 aliphatic rings. The number of hydrogen-bond acceptors (Lipinski definition) is 3. The molecule has 0 aliphatic carbocycles. The van der Waals surface area contributed by atoms with E-state index in [1.54, 1.807) is 0 Å². The molecule has 0 bridgehead atoms. The second-order valence-corrected chi connectivity index (χ2v) is 7.53. The van der Waals surface area contributed by atoms with Crippen LogP contribution in [0.4, 0.5) is 11.5 Å². The normalized spacial score (nSPS) is 20.8. The lowest BCUT2D eigenvalue weighted by molar-refractivity contribution is 0.696. The Hall–Kier alpha value is -1.55. The molecule has 1 aliphatic heterocycles. The van der Waals surface area contributed by atoms with Crippen molar-refractivity contribution in [2.45, 2.75) is 32.2 Å². The van der Waals surface area contributed by atoms with Crippen molar-refractivity contribution in [2.24, 2.45) is 0 Å². The zero-order chi connectivity index (χ0) is 16.6. The zero-order valence-electron chi connectivity index (χ0n) is 14.3. The van der Waals surface area contributed by atoms with Gasteiger partial charge in [-0.25, -0.2) is 4.98 Å².